The predicted molar refractivity (Wildman–Crippen MR) is 117 cm³/mol. The number of aromatic nitrogens is 3. The summed E-state index contributed by atoms with van der Waals surface area (Å²) < 4.78 is 40.1. The number of benzene rings is 1. The monoisotopic (exact) mass is 460 g/mol. The van der Waals surface area contributed by atoms with Gasteiger partial charge in [0.1, 0.15) is 0 Å². The van der Waals surface area contributed by atoms with Crippen LogP contribution in [0.3, 0.4) is 0 Å². The largest absolute Gasteiger partial charge is 0.416 e. The number of fused-ring (bicyclic) bond motifs is 1. The third-order valence-electron chi connectivity index (χ3n) is 5.31. The van der Waals surface area contributed by atoms with E-state index in [1.165, 1.54) is 16.7 Å². The third-order valence-corrected chi connectivity index (χ3v) is 5.60. The van der Waals surface area contributed by atoms with Crippen molar-refractivity contribution in [2.24, 2.45) is 4.99 Å². The molecule has 0 bridgehead atoms. The van der Waals surface area contributed by atoms with Gasteiger partial charge in [0.15, 0.2) is 5.82 Å². The molecule has 0 radical (unpaired) electrons. The van der Waals surface area contributed by atoms with Gasteiger partial charge in [-0.1, -0.05) is 25.1 Å². The predicted octanol–water partition coefficient (Wildman–Crippen LogP) is 5.18. The number of pyridine rings is 1. The van der Waals surface area contributed by atoms with E-state index in [0.717, 1.165) is 23.7 Å². The highest BCUT2D eigenvalue weighted by atomic mass is 35.5. The highest BCUT2D eigenvalue weighted by molar-refractivity contribution is 6.28. The third kappa shape index (κ3) is 4.60. The van der Waals surface area contributed by atoms with Crippen LogP contribution in [0.2, 0.25) is 5.28 Å². The van der Waals surface area contributed by atoms with Crippen LogP contribution in [0.5, 0.6) is 0 Å². The van der Waals surface area contributed by atoms with Crippen LogP contribution >= 0.6 is 11.6 Å². The van der Waals surface area contributed by atoms with Crippen molar-refractivity contribution in [1.82, 2.24) is 14.5 Å². The van der Waals surface area contributed by atoms with Crippen molar-refractivity contribution in [1.29, 1.82) is 0 Å². The van der Waals surface area contributed by atoms with Crippen molar-refractivity contribution in [3.8, 4) is 0 Å². The fourth-order valence-corrected chi connectivity index (χ4v) is 3.88. The molecule has 3 heterocycles. The lowest BCUT2D eigenvalue weighted by molar-refractivity contribution is -0.137. The summed E-state index contributed by atoms with van der Waals surface area (Å²) in [6, 6.07) is 9.00. The molecule has 0 aliphatic carbocycles. The topological polar surface area (TPSA) is 60.1 Å². The second-order valence-corrected chi connectivity index (χ2v) is 7.95. The molecule has 0 saturated carbocycles. The first-order chi connectivity index (χ1) is 15.3. The summed E-state index contributed by atoms with van der Waals surface area (Å²) in [5, 5.41) is 0.128. The normalized spacial score (nSPS) is 13.2. The lowest BCUT2D eigenvalue weighted by Crippen LogP contribution is -2.25. The average Bonchev–Trinajstić information content (AvgIpc) is 3.19. The van der Waals surface area contributed by atoms with E-state index in [2.05, 4.69) is 15.0 Å². The van der Waals surface area contributed by atoms with Crippen molar-refractivity contribution in [2.45, 2.75) is 45.3 Å². The maximum absolute atomic E-state index is 12.9. The number of aliphatic imine (C=N–C) groups is 1. The van der Waals surface area contributed by atoms with Gasteiger partial charge in [0, 0.05) is 30.4 Å². The molecule has 1 aliphatic heterocycles. The highest BCUT2D eigenvalue weighted by Crippen LogP contribution is 2.30. The molecule has 0 fully saturated rings. The Morgan fingerprint density at radius 1 is 1.16 bits per heavy atom. The fraction of sp³-hybridized carbons (Fsp3) is 0.304. The van der Waals surface area contributed by atoms with Gasteiger partial charge in [0.25, 0.3) is 5.56 Å². The summed E-state index contributed by atoms with van der Waals surface area (Å²) >= 11 is 6.13. The molecule has 166 valence electrons. The molecule has 0 saturated heterocycles. The molecule has 0 atom stereocenters. The number of nitrogens with zero attached hydrogens (tertiary/aromatic N) is 4. The van der Waals surface area contributed by atoms with Gasteiger partial charge in [-0.2, -0.15) is 18.2 Å². The average molecular weight is 461 g/mol. The van der Waals surface area contributed by atoms with Crippen LogP contribution in [0.4, 0.5) is 19.0 Å². The fourth-order valence-electron chi connectivity index (χ4n) is 3.64. The van der Waals surface area contributed by atoms with E-state index in [4.69, 9.17) is 11.6 Å². The van der Waals surface area contributed by atoms with E-state index in [1.54, 1.807) is 12.3 Å². The van der Waals surface area contributed by atoms with Gasteiger partial charge in [-0.05, 0) is 54.6 Å². The second-order valence-electron chi connectivity index (χ2n) is 7.61. The summed E-state index contributed by atoms with van der Waals surface area (Å²) in [6.45, 7) is 2.45. The molecule has 3 aromatic rings. The van der Waals surface area contributed by atoms with E-state index in [0.29, 0.717) is 48.5 Å². The molecule has 9 heteroatoms. The van der Waals surface area contributed by atoms with Crippen LogP contribution < -0.4 is 5.56 Å². The Morgan fingerprint density at radius 2 is 1.97 bits per heavy atom. The van der Waals surface area contributed by atoms with Gasteiger partial charge in [0.2, 0.25) is 5.28 Å². The molecule has 0 unspecified atom stereocenters. The summed E-state index contributed by atoms with van der Waals surface area (Å²) in [6.07, 6.45) is -0.616. The highest BCUT2D eigenvalue weighted by Gasteiger charge is 2.30. The Balaban J connectivity index is 1.46. The van der Waals surface area contributed by atoms with Gasteiger partial charge < -0.3 is 0 Å². The Kier molecular flexibility index (Phi) is 6.15. The van der Waals surface area contributed by atoms with Crippen molar-refractivity contribution in [2.75, 3.05) is 0 Å². The summed E-state index contributed by atoms with van der Waals surface area (Å²) in [7, 11) is 0. The molecular weight excluding hydrogens is 441 g/mol. The van der Waals surface area contributed by atoms with Gasteiger partial charge in [0.05, 0.1) is 16.8 Å². The van der Waals surface area contributed by atoms with Crippen LogP contribution in [0, 0.1) is 0 Å². The molecule has 0 spiro atoms. The second kappa shape index (κ2) is 8.86. The molecule has 0 N–H and O–H groups in total. The van der Waals surface area contributed by atoms with Gasteiger partial charge in [-0.15, -0.1) is 0 Å². The van der Waals surface area contributed by atoms with Gasteiger partial charge in [-0.3, -0.25) is 14.3 Å². The Labute approximate surface area is 187 Å². The summed E-state index contributed by atoms with van der Waals surface area (Å²) in [4.78, 5) is 25.8. The van der Waals surface area contributed by atoms with E-state index in [1.807, 2.05) is 19.1 Å². The zero-order valence-electron chi connectivity index (χ0n) is 17.3. The summed E-state index contributed by atoms with van der Waals surface area (Å²) in [5.41, 5.74) is 2.51. The number of halogens is 4. The van der Waals surface area contributed by atoms with E-state index in [9.17, 15) is 18.0 Å². The van der Waals surface area contributed by atoms with Crippen molar-refractivity contribution < 1.29 is 13.2 Å². The van der Waals surface area contributed by atoms with Crippen molar-refractivity contribution >= 4 is 23.1 Å². The summed E-state index contributed by atoms with van der Waals surface area (Å²) in [5.74, 6) is 0.343. The minimum Gasteiger partial charge on any atom is -0.283 e. The zero-order valence-corrected chi connectivity index (χ0v) is 18.0. The Bertz CT molecular complexity index is 1230. The Hall–Kier alpha value is -3.00. The lowest BCUT2D eigenvalue weighted by atomic mass is 10.0. The number of hydrogen-bond donors (Lipinski definition) is 0. The van der Waals surface area contributed by atoms with E-state index >= 15 is 0 Å². The molecular formula is C23H20ClF3N4O. The SMILES string of the molecule is CCCn1c(Cl)nc2c(c1=O)CC(c1ccc(CCc3cccc(C(F)(F)F)c3)nc1)=N2. The first-order valence-corrected chi connectivity index (χ1v) is 10.6. The van der Waals surface area contributed by atoms with Crippen LogP contribution in [0.25, 0.3) is 0 Å². The number of rotatable bonds is 6. The maximum Gasteiger partial charge on any atom is 0.416 e. The number of aryl methyl sites for hydroxylation is 2. The molecule has 32 heavy (non-hydrogen) atoms. The minimum absolute atomic E-state index is 0.128. The number of alkyl halides is 3. The van der Waals surface area contributed by atoms with Gasteiger partial charge >= 0.3 is 6.18 Å². The van der Waals surface area contributed by atoms with E-state index < -0.39 is 11.7 Å². The van der Waals surface area contributed by atoms with Crippen molar-refractivity contribution in [3.05, 3.63) is 86.2 Å². The molecule has 4 rings (SSSR count). The van der Waals surface area contributed by atoms with Crippen LogP contribution in [0.15, 0.2) is 52.4 Å². The standard InChI is InChI=1S/C23H20ClF3N4O/c1-2-10-31-21(32)18-12-19(29-20(18)30-22(31)24)15-7-9-17(28-13-15)8-6-14-4-3-5-16(11-14)23(25,26)27/h3-5,7,9,11,13H,2,6,8,10,12H2,1H3. The first kappa shape index (κ1) is 22.2. The maximum atomic E-state index is 12.9. The first-order valence-electron chi connectivity index (χ1n) is 10.2. The molecule has 0 amide bonds. The molecule has 2 aromatic heterocycles. The number of hydrogen-bond acceptors (Lipinski definition) is 4. The molecule has 1 aromatic carbocycles. The van der Waals surface area contributed by atoms with Gasteiger partial charge in [-0.25, -0.2) is 4.99 Å². The minimum atomic E-state index is -4.35. The molecule has 5 nitrogen and oxygen atoms in total. The molecule has 1 aliphatic rings. The smallest absolute Gasteiger partial charge is 0.283 e. The van der Waals surface area contributed by atoms with Crippen molar-refractivity contribution in [3.63, 3.8) is 0 Å². The quantitative estimate of drug-likeness (QED) is 0.476. The zero-order chi connectivity index (χ0) is 22.9. The van der Waals surface area contributed by atoms with Crippen LogP contribution in [-0.4, -0.2) is 20.2 Å². The van der Waals surface area contributed by atoms with Crippen LogP contribution in [-0.2, 0) is 32.0 Å². The van der Waals surface area contributed by atoms with Crippen LogP contribution in [0.1, 0.15) is 41.3 Å². The van der Waals surface area contributed by atoms with E-state index in [-0.39, 0.29) is 10.8 Å². The Morgan fingerprint density at radius 3 is 2.66 bits per heavy atom. The lowest BCUT2D eigenvalue weighted by Gasteiger charge is -2.09.